The van der Waals surface area contributed by atoms with Crippen molar-refractivity contribution in [3.8, 4) is 0 Å². The third-order valence-electron chi connectivity index (χ3n) is 1.82. The molecule has 4 heteroatoms. The van der Waals surface area contributed by atoms with Gasteiger partial charge in [0.2, 0.25) is 0 Å². The lowest BCUT2D eigenvalue weighted by molar-refractivity contribution is 0.327. The van der Waals surface area contributed by atoms with Crippen molar-refractivity contribution < 1.29 is 4.39 Å². The summed E-state index contributed by atoms with van der Waals surface area (Å²) in [4.78, 5) is 3.87. The van der Waals surface area contributed by atoms with Gasteiger partial charge in [-0.2, -0.15) is 0 Å². The Balaban J connectivity index is 2.84. The summed E-state index contributed by atoms with van der Waals surface area (Å²) in [5.74, 6) is 0. The molecule has 0 aliphatic rings. The summed E-state index contributed by atoms with van der Waals surface area (Å²) in [7, 11) is 0. The Bertz CT molecular complexity index is 291. The van der Waals surface area contributed by atoms with Crippen LogP contribution in [0.1, 0.15) is 23.7 Å². The standard InChI is InChI=1S/C9H12ClFN2/c1-6-4-7(5-13-9(6)10)8(11)2-3-12/h4-5,8H,2-3,12H2,1H3. The Kier molecular flexibility index (Phi) is 3.63. The van der Waals surface area contributed by atoms with E-state index in [1.165, 1.54) is 6.20 Å². The first kappa shape index (κ1) is 10.4. The van der Waals surface area contributed by atoms with Crippen LogP contribution in [-0.2, 0) is 0 Å². The van der Waals surface area contributed by atoms with Gasteiger partial charge >= 0.3 is 0 Å². The molecule has 0 saturated carbocycles. The van der Waals surface area contributed by atoms with Crippen LogP contribution in [0.15, 0.2) is 12.3 Å². The maximum Gasteiger partial charge on any atom is 0.131 e. The number of nitrogens with zero attached hydrogens (tertiary/aromatic N) is 1. The number of aryl methyl sites for hydroxylation is 1. The van der Waals surface area contributed by atoms with E-state index in [2.05, 4.69) is 4.98 Å². The van der Waals surface area contributed by atoms with E-state index >= 15 is 0 Å². The molecule has 1 rings (SSSR count). The maximum atomic E-state index is 13.3. The first-order chi connectivity index (χ1) is 6.15. The summed E-state index contributed by atoms with van der Waals surface area (Å²) in [6.45, 7) is 2.14. The Labute approximate surface area is 81.9 Å². The fraction of sp³-hybridized carbons (Fsp3) is 0.444. The lowest BCUT2D eigenvalue weighted by Crippen LogP contribution is -2.04. The van der Waals surface area contributed by atoms with Crippen molar-refractivity contribution in [3.05, 3.63) is 28.5 Å². The molecular formula is C9H12ClFN2. The lowest BCUT2D eigenvalue weighted by Gasteiger charge is -2.07. The summed E-state index contributed by atoms with van der Waals surface area (Å²) >= 11 is 5.70. The number of halogens is 2. The molecule has 13 heavy (non-hydrogen) atoms. The Morgan fingerprint density at radius 3 is 2.92 bits per heavy atom. The third-order valence-corrected chi connectivity index (χ3v) is 2.21. The van der Waals surface area contributed by atoms with E-state index in [9.17, 15) is 4.39 Å². The number of nitrogens with two attached hydrogens (primary N) is 1. The van der Waals surface area contributed by atoms with Crippen LogP contribution < -0.4 is 5.73 Å². The fourth-order valence-electron chi connectivity index (χ4n) is 1.06. The zero-order valence-corrected chi connectivity index (χ0v) is 8.18. The van der Waals surface area contributed by atoms with Crippen LogP contribution in [0.25, 0.3) is 0 Å². The summed E-state index contributed by atoms with van der Waals surface area (Å²) in [5.41, 5.74) is 6.59. The first-order valence-corrected chi connectivity index (χ1v) is 4.49. The van der Waals surface area contributed by atoms with Crippen molar-refractivity contribution in [1.29, 1.82) is 0 Å². The first-order valence-electron chi connectivity index (χ1n) is 4.11. The van der Waals surface area contributed by atoms with Gasteiger partial charge in [0.1, 0.15) is 11.3 Å². The van der Waals surface area contributed by atoms with Gasteiger partial charge in [0.05, 0.1) is 0 Å². The van der Waals surface area contributed by atoms with E-state index < -0.39 is 6.17 Å². The summed E-state index contributed by atoms with van der Waals surface area (Å²) in [5, 5.41) is 0.420. The van der Waals surface area contributed by atoms with E-state index in [1.54, 1.807) is 13.0 Å². The van der Waals surface area contributed by atoms with Gasteiger partial charge in [-0.3, -0.25) is 0 Å². The van der Waals surface area contributed by atoms with Crippen LogP contribution in [0.4, 0.5) is 4.39 Å². The molecule has 0 spiro atoms. The smallest absolute Gasteiger partial charge is 0.131 e. The second-order valence-corrected chi connectivity index (χ2v) is 3.28. The molecule has 72 valence electrons. The molecule has 0 amide bonds. The minimum atomic E-state index is -1.03. The second-order valence-electron chi connectivity index (χ2n) is 2.92. The van der Waals surface area contributed by atoms with Crippen molar-refractivity contribution in [2.24, 2.45) is 5.73 Å². The molecule has 1 aromatic heterocycles. The van der Waals surface area contributed by atoms with Gasteiger partial charge in [-0.25, -0.2) is 9.37 Å². The molecule has 0 aliphatic carbocycles. The van der Waals surface area contributed by atoms with Crippen LogP contribution in [0.2, 0.25) is 5.15 Å². The normalized spacial score (nSPS) is 12.9. The number of rotatable bonds is 3. The molecule has 0 aromatic carbocycles. The van der Waals surface area contributed by atoms with E-state index in [1.807, 2.05) is 0 Å². The highest BCUT2D eigenvalue weighted by molar-refractivity contribution is 6.30. The number of hydrogen-bond donors (Lipinski definition) is 1. The van der Waals surface area contributed by atoms with Gasteiger partial charge in [0.15, 0.2) is 0 Å². The van der Waals surface area contributed by atoms with E-state index in [0.717, 1.165) is 5.56 Å². The van der Waals surface area contributed by atoms with Crippen molar-refractivity contribution >= 4 is 11.6 Å². The van der Waals surface area contributed by atoms with Gasteiger partial charge in [-0.05, 0) is 31.5 Å². The molecule has 1 aromatic rings. The van der Waals surface area contributed by atoms with Crippen LogP contribution in [0.5, 0.6) is 0 Å². The van der Waals surface area contributed by atoms with Gasteiger partial charge in [0, 0.05) is 11.8 Å². The molecule has 0 saturated heterocycles. The van der Waals surface area contributed by atoms with Crippen molar-refractivity contribution in [1.82, 2.24) is 4.98 Å². The minimum Gasteiger partial charge on any atom is -0.330 e. The molecule has 1 unspecified atom stereocenters. The van der Waals surface area contributed by atoms with Crippen molar-refractivity contribution in [2.75, 3.05) is 6.54 Å². The van der Waals surface area contributed by atoms with Gasteiger partial charge < -0.3 is 5.73 Å². The quantitative estimate of drug-likeness (QED) is 0.765. The molecule has 1 atom stereocenters. The topological polar surface area (TPSA) is 38.9 Å². The molecule has 2 nitrogen and oxygen atoms in total. The molecular weight excluding hydrogens is 191 g/mol. The predicted molar refractivity (Wildman–Crippen MR) is 51.5 cm³/mol. The number of pyridine rings is 1. The lowest BCUT2D eigenvalue weighted by atomic mass is 10.1. The maximum absolute atomic E-state index is 13.3. The molecule has 0 bridgehead atoms. The summed E-state index contributed by atoms with van der Waals surface area (Å²) in [6, 6.07) is 1.70. The zero-order chi connectivity index (χ0) is 9.84. The molecule has 0 aliphatic heterocycles. The van der Waals surface area contributed by atoms with E-state index in [0.29, 0.717) is 23.7 Å². The van der Waals surface area contributed by atoms with Crippen molar-refractivity contribution in [2.45, 2.75) is 19.5 Å². The highest BCUT2D eigenvalue weighted by Crippen LogP contribution is 2.22. The third kappa shape index (κ3) is 2.64. The van der Waals surface area contributed by atoms with Crippen LogP contribution in [-0.4, -0.2) is 11.5 Å². The highest BCUT2D eigenvalue weighted by Gasteiger charge is 2.10. The number of aromatic nitrogens is 1. The fourth-order valence-corrected chi connectivity index (χ4v) is 1.17. The minimum absolute atomic E-state index is 0.322. The van der Waals surface area contributed by atoms with E-state index in [4.69, 9.17) is 17.3 Å². The SMILES string of the molecule is Cc1cc(C(F)CCN)cnc1Cl. The molecule has 0 radical (unpaired) electrons. The average molecular weight is 203 g/mol. The molecule has 2 N–H and O–H groups in total. The molecule has 0 fully saturated rings. The zero-order valence-electron chi connectivity index (χ0n) is 7.43. The predicted octanol–water partition coefficient (Wildman–Crippen LogP) is 2.40. The summed E-state index contributed by atoms with van der Waals surface area (Å²) < 4.78 is 13.3. The van der Waals surface area contributed by atoms with Crippen molar-refractivity contribution in [3.63, 3.8) is 0 Å². The van der Waals surface area contributed by atoms with Gasteiger partial charge in [-0.1, -0.05) is 11.6 Å². The Morgan fingerprint density at radius 2 is 2.38 bits per heavy atom. The highest BCUT2D eigenvalue weighted by atomic mass is 35.5. The summed E-state index contributed by atoms with van der Waals surface area (Å²) in [6.07, 6.45) is 0.742. The van der Waals surface area contributed by atoms with Gasteiger partial charge in [-0.15, -0.1) is 0 Å². The Hall–Kier alpha value is -0.670. The largest absolute Gasteiger partial charge is 0.330 e. The number of hydrogen-bond acceptors (Lipinski definition) is 2. The Morgan fingerprint density at radius 1 is 1.69 bits per heavy atom. The van der Waals surface area contributed by atoms with Crippen LogP contribution >= 0.6 is 11.6 Å². The monoisotopic (exact) mass is 202 g/mol. The van der Waals surface area contributed by atoms with Crippen LogP contribution in [0.3, 0.4) is 0 Å². The van der Waals surface area contributed by atoms with Gasteiger partial charge in [0.25, 0.3) is 0 Å². The van der Waals surface area contributed by atoms with Crippen LogP contribution in [0, 0.1) is 6.92 Å². The average Bonchev–Trinajstić information content (AvgIpc) is 2.10. The second kappa shape index (κ2) is 4.53. The van der Waals surface area contributed by atoms with E-state index in [-0.39, 0.29) is 0 Å². The number of alkyl halides is 1. The molecule has 1 heterocycles.